The maximum absolute atomic E-state index is 8.76. The number of nitrogens with zero attached hydrogens (tertiary/aromatic N) is 3. The Labute approximate surface area is 81.2 Å². The smallest absolute Gasteiger partial charge is 0.321 e. The third-order valence-corrected chi connectivity index (χ3v) is 2.51. The van der Waals surface area contributed by atoms with Crippen LogP contribution in [0.15, 0.2) is 18.2 Å². The van der Waals surface area contributed by atoms with Crippen molar-refractivity contribution in [2.75, 3.05) is 18.5 Å². The van der Waals surface area contributed by atoms with Crippen LogP contribution >= 0.6 is 11.6 Å². The molecule has 1 aromatic carbocycles. The first-order valence-electron chi connectivity index (χ1n) is 3.95. The lowest BCUT2D eigenvalue weighted by atomic mass is 10.1. The van der Waals surface area contributed by atoms with Crippen LogP contribution in [0, 0.1) is 0 Å². The van der Waals surface area contributed by atoms with E-state index in [0.29, 0.717) is 17.3 Å². The van der Waals surface area contributed by atoms with Crippen molar-refractivity contribution in [1.82, 2.24) is 0 Å². The SMILES string of the molecule is CN1CC(=[N+]=[N-])c2c(Cl)cccc21. The van der Waals surface area contributed by atoms with Gasteiger partial charge in [-0.25, -0.2) is 0 Å². The summed E-state index contributed by atoms with van der Waals surface area (Å²) in [4.78, 5) is 5.23. The minimum absolute atomic E-state index is 0.607. The second-order valence-electron chi connectivity index (χ2n) is 3.04. The number of likely N-dealkylation sites (N-methyl/N-ethyl adjacent to an activating group) is 1. The van der Waals surface area contributed by atoms with Crippen LogP contribution in [-0.4, -0.2) is 24.1 Å². The second kappa shape index (κ2) is 2.87. The largest absolute Gasteiger partial charge is 0.362 e. The molecule has 0 N–H and O–H groups in total. The summed E-state index contributed by atoms with van der Waals surface area (Å²) in [5.74, 6) is 0. The molecule has 1 aliphatic rings. The zero-order valence-corrected chi connectivity index (χ0v) is 7.91. The number of fused-ring (bicyclic) bond motifs is 1. The molecule has 13 heavy (non-hydrogen) atoms. The lowest BCUT2D eigenvalue weighted by molar-refractivity contribution is -0.00478. The number of rotatable bonds is 0. The van der Waals surface area contributed by atoms with E-state index in [0.717, 1.165) is 11.3 Å². The Hall–Kier alpha value is -1.31. The molecule has 2 rings (SSSR count). The molecule has 1 heterocycles. The van der Waals surface area contributed by atoms with E-state index in [4.69, 9.17) is 17.1 Å². The van der Waals surface area contributed by atoms with E-state index < -0.39 is 0 Å². The molecule has 0 fully saturated rings. The van der Waals surface area contributed by atoms with Gasteiger partial charge in [0.1, 0.15) is 12.1 Å². The van der Waals surface area contributed by atoms with Crippen LogP contribution in [0.25, 0.3) is 5.53 Å². The number of hydrogen-bond acceptors (Lipinski definition) is 1. The van der Waals surface area contributed by atoms with Crippen LogP contribution < -0.4 is 4.90 Å². The van der Waals surface area contributed by atoms with E-state index in [2.05, 4.69) is 4.79 Å². The van der Waals surface area contributed by atoms with Gasteiger partial charge in [-0.2, -0.15) is 4.79 Å². The molecule has 0 unspecified atom stereocenters. The lowest BCUT2D eigenvalue weighted by Crippen LogP contribution is -2.16. The van der Waals surface area contributed by atoms with Crippen molar-refractivity contribution in [2.45, 2.75) is 0 Å². The van der Waals surface area contributed by atoms with Gasteiger partial charge in [-0.15, -0.1) is 0 Å². The molecule has 3 nitrogen and oxygen atoms in total. The Morgan fingerprint density at radius 3 is 3.00 bits per heavy atom. The van der Waals surface area contributed by atoms with Crippen LogP contribution in [-0.2, 0) is 0 Å². The molecule has 0 saturated carbocycles. The van der Waals surface area contributed by atoms with E-state index in [-0.39, 0.29) is 0 Å². The number of hydrogen-bond donors (Lipinski definition) is 0. The fourth-order valence-corrected chi connectivity index (χ4v) is 1.87. The quantitative estimate of drug-likeness (QED) is 0.458. The van der Waals surface area contributed by atoms with Crippen molar-refractivity contribution < 1.29 is 4.79 Å². The number of benzene rings is 1. The summed E-state index contributed by atoms with van der Waals surface area (Å²) in [5.41, 5.74) is 11.2. The normalized spacial score (nSPS) is 14.3. The summed E-state index contributed by atoms with van der Waals surface area (Å²) in [6.45, 7) is 0.607. The molecule has 1 aliphatic heterocycles. The summed E-state index contributed by atoms with van der Waals surface area (Å²) in [5, 5.41) is 0.634. The molecule has 0 aromatic heterocycles. The maximum atomic E-state index is 8.76. The maximum Gasteiger partial charge on any atom is 0.321 e. The van der Waals surface area contributed by atoms with Gasteiger partial charge in [0.05, 0.1) is 10.7 Å². The zero-order chi connectivity index (χ0) is 9.42. The van der Waals surface area contributed by atoms with Gasteiger partial charge in [0.15, 0.2) is 0 Å². The fourth-order valence-electron chi connectivity index (χ4n) is 1.59. The standard InChI is InChI=1S/C9H8ClN3/c1-13-5-7(12-11)9-6(10)3-2-4-8(9)13/h2-4H,5H2,1H3. The fraction of sp³-hybridized carbons (Fsp3) is 0.222. The first kappa shape index (κ1) is 8.30. The molecule has 4 heteroatoms. The molecule has 0 atom stereocenters. The zero-order valence-electron chi connectivity index (χ0n) is 7.16. The first-order chi connectivity index (χ1) is 6.24. The van der Waals surface area contributed by atoms with E-state index in [1.165, 1.54) is 0 Å². The summed E-state index contributed by atoms with van der Waals surface area (Å²) in [6.07, 6.45) is 0. The summed E-state index contributed by atoms with van der Waals surface area (Å²) in [6, 6.07) is 5.64. The van der Waals surface area contributed by atoms with Gasteiger partial charge in [0, 0.05) is 7.05 Å². The molecule has 0 saturated heterocycles. The lowest BCUT2D eigenvalue weighted by Gasteiger charge is -2.08. The number of anilines is 1. The van der Waals surface area contributed by atoms with Crippen molar-refractivity contribution >= 4 is 23.0 Å². The van der Waals surface area contributed by atoms with Gasteiger partial charge in [0.2, 0.25) is 0 Å². The minimum atomic E-state index is 0.607. The third-order valence-electron chi connectivity index (χ3n) is 2.20. The topological polar surface area (TPSA) is 39.6 Å². The highest BCUT2D eigenvalue weighted by molar-refractivity contribution is 6.35. The second-order valence-corrected chi connectivity index (χ2v) is 3.44. The van der Waals surface area contributed by atoms with Crippen LogP contribution in [0.1, 0.15) is 5.56 Å². The highest BCUT2D eigenvalue weighted by Gasteiger charge is 2.30. The van der Waals surface area contributed by atoms with Crippen molar-refractivity contribution in [3.63, 3.8) is 0 Å². The van der Waals surface area contributed by atoms with Crippen LogP contribution in [0.3, 0.4) is 0 Å². The van der Waals surface area contributed by atoms with Crippen molar-refractivity contribution in [1.29, 1.82) is 0 Å². The molecule has 0 radical (unpaired) electrons. The van der Waals surface area contributed by atoms with Crippen molar-refractivity contribution in [2.24, 2.45) is 0 Å². The van der Waals surface area contributed by atoms with E-state index in [9.17, 15) is 0 Å². The number of halogens is 1. The van der Waals surface area contributed by atoms with Crippen molar-refractivity contribution in [3.8, 4) is 0 Å². The van der Waals surface area contributed by atoms with Gasteiger partial charge in [-0.05, 0) is 12.1 Å². The van der Waals surface area contributed by atoms with E-state index in [1.54, 1.807) is 6.07 Å². The highest BCUT2D eigenvalue weighted by Crippen LogP contribution is 2.31. The molecule has 0 spiro atoms. The Morgan fingerprint density at radius 1 is 1.54 bits per heavy atom. The van der Waals surface area contributed by atoms with Gasteiger partial charge in [0.25, 0.3) is 0 Å². The van der Waals surface area contributed by atoms with Crippen LogP contribution in [0.4, 0.5) is 5.69 Å². The molecule has 0 aliphatic carbocycles. The monoisotopic (exact) mass is 193 g/mol. The highest BCUT2D eigenvalue weighted by atomic mass is 35.5. The molecule has 1 aromatic rings. The Morgan fingerprint density at radius 2 is 2.31 bits per heavy atom. The predicted molar refractivity (Wildman–Crippen MR) is 52.5 cm³/mol. The van der Waals surface area contributed by atoms with Gasteiger partial charge < -0.3 is 10.4 Å². The molecule has 0 bridgehead atoms. The average molecular weight is 194 g/mol. The van der Waals surface area contributed by atoms with Crippen LogP contribution in [0.2, 0.25) is 5.02 Å². The summed E-state index contributed by atoms with van der Waals surface area (Å²) >= 11 is 5.99. The van der Waals surface area contributed by atoms with Gasteiger partial charge in [-0.1, -0.05) is 17.7 Å². The van der Waals surface area contributed by atoms with Crippen LogP contribution in [0.5, 0.6) is 0 Å². The minimum Gasteiger partial charge on any atom is -0.362 e. The van der Waals surface area contributed by atoms with E-state index in [1.807, 2.05) is 24.1 Å². The third kappa shape index (κ3) is 1.13. The predicted octanol–water partition coefficient (Wildman–Crippen LogP) is 1.81. The van der Waals surface area contributed by atoms with Gasteiger partial charge in [-0.3, -0.25) is 0 Å². The summed E-state index contributed by atoms with van der Waals surface area (Å²) < 4.78 is 0. The Balaban J connectivity index is 2.72. The Kier molecular flexibility index (Phi) is 1.83. The Bertz CT molecular complexity index is 407. The summed E-state index contributed by atoms with van der Waals surface area (Å²) in [7, 11) is 1.94. The van der Waals surface area contributed by atoms with Gasteiger partial charge >= 0.3 is 5.71 Å². The van der Waals surface area contributed by atoms with E-state index >= 15 is 0 Å². The molecular weight excluding hydrogens is 186 g/mol. The molecular formula is C9H8ClN3. The molecule has 0 amide bonds. The van der Waals surface area contributed by atoms with Crippen molar-refractivity contribution in [3.05, 3.63) is 34.3 Å². The average Bonchev–Trinajstić information content (AvgIpc) is 2.45. The molecule has 66 valence electrons. The first-order valence-corrected chi connectivity index (χ1v) is 4.33.